The number of aliphatic hydroxyl groups is 1. The molecule has 1 saturated carbocycles. The molecule has 0 radical (unpaired) electrons. The number of carbonyl (C=O) groups is 1. The minimum Gasteiger partial charge on any atom is -0.390 e. The number of carbonyl (C=O) groups excluding carboxylic acids is 1. The zero-order valence-corrected chi connectivity index (χ0v) is 15.5. The second-order valence-corrected chi connectivity index (χ2v) is 7.76. The molecular formula is C19H24N6O2. The third kappa shape index (κ3) is 3.57. The number of rotatable bonds is 4. The van der Waals surface area contributed by atoms with Crippen LogP contribution in [-0.2, 0) is 0 Å². The van der Waals surface area contributed by atoms with Crippen LogP contribution in [0, 0.1) is 5.92 Å². The summed E-state index contributed by atoms with van der Waals surface area (Å²) < 4.78 is 1.68. The molecule has 0 bridgehead atoms. The van der Waals surface area contributed by atoms with Crippen molar-refractivity contribution < 1.29 is 9.90 Å². The average molecular weight is 368 g/mol. The van der Waals surface area contributed by atoms with Crippen LogP contribution in [0.1, 0.15) is 50.0 Å². The Morgan fingerprint density at radius 1 is 1.30 bits per heavy atom. The van der Waals surface area contributed by atoms with Crippen molar-refractivity contribution in [3.63, 3.8) is 0 Å². The van der Waals surface area contributed by atoms with Crippen LogP contribution >= 0.6 is 0 Å². The number of H-pyrrole nitrogens is 1. The molecule has 4 rings (SSSR count). The molecule has 27 heavy (non-hydrogen) atoms. The van der Waals surface area contributed by atoms with Crippen molar-refractivity contribution in [2.45, 2.75) is 51.2 Å². The van der Waals surface area contributed by atoms with E-state index in [0.717, 1.165) is 25.7 Å². The van der Waals surface area contributed by atoms with E-state index in [-0.39, 0.29) is 17.9 Å². The van der Waals surface area contributed by atoms with Crippen molar-refractivity contribution in [3.8, 4) is 5.95 Å². The summed E-state index contributed by atoms with van der Waals surface area (Å²) in [5.41, 5.74) is 0.974. The fraction of sp³-hybridized carbons (Fsp3) is 0.474. The molecule has 1 amide bonds. The highest BCUT2D eigenvalue weighted by Gasteiger charge is 2.32. The van der Waals surface area contributed by atoms with Gasteiger partial charge in [0.15, 0.2) is 5.69 Å². The van der Waals surface area contributed by atoms with Gasteiger partial charge in [0.1, 0.15) is 6.33 Å². The maximum absolute atomic E-state index is 12.9. The predicted octanol–water partition coefficient (Wildman–Crippen LogP) is 2.20. The Balaban J connectivity index is 1.54. The van der Waals surface area contributed by atoms with Crippen LogP contribution < -0.4 is 5.32 Å². The van der Waals surface area contributed by atoms with E-state index in [1.165, 1.54) is 0 Å². The molecular weight excluding hydrogens is 344 g/mol. The second kappa shape index (κ2) is 6.77. The van der Waals surface area contributed by atoms with E-state index in [1.54, 1.807) is 29.5 Å². The van der Waals surface area contributed by atoms with Gasteiger partial charge in [-0.25, -0.2) is 15.0 Å². The Hall–Kier alpha value is -2.74. The van der Waals surface area contributed by atoms with Gasteiger partial charge in [0, 0.05) is 24.6 Å². The quantitative estimate of drug-likeness (QED) is 0.654. The van der Waals surface area contributed by atoms with E-state index in [0.29, 0.717) is 22.7 Å². The summed E-state index contributed by atoms with van der Waals surface area (Å²) in [7, 11) is 0. The van der Waals surface area contributed by atoms with Crippen LogP contribution in [0.25, 0.3) is 17.0 Å². The molecule has 0 saturated heterocycles. The topological polar surface area (TPSA) is 109 Å². The van der Waals surface area contributed by atoms with Gasteiger partial charge >= 0.3 is 0 Å². The lowest BCUT2D eigenvalue weighted by atomic mass is 9.77. The molecule has 0 spiro atoms. The molecule has 1 fully saturated rings. The molecule has 0 aromatic carbocycles. The van der Waals surface area contributed by atoms with Crippen LogP contribution in [0.3, 0.4) is 0 Å². The lowest BCUT2D eigenvalue weighted by Crippen LogP contribution is -2.42. The lowest BCUT2D eigenvalue weighted by Gasteiger charge is -2.36. The van der Waals surface area contributed by atoms with Crippen molar-refractivity contribution in [3.05, 3.63) is 36.7 Å². The molecule has 0 aliphatic heterocycles. The first-order valence-corrected chi connectivity index (χ1v) is 9.28. The van der Waals surface area contributed by atoms with E-state index in [9.17, 15) is 9.90 Å². The fourth-order valence-corrected chi connectivity index (χ4v) is 3.79. The van der Waals surface area contributed by atoms with Gasteiger partial charge in [0.25, 0.3) is 5.91 Å². The van der Waals surface area contributed by atoms with Crippen molar-refractivity contribution in [2.75, 3.05) is 0 Å². The van der Waals surface area contributed by atoms with Crippen molar-refractivity contribution in [1.29, 1.82) is 0 Å². The fourth-order valence-electron chi connectivity index (χ4n) is 3.79. The van der Waals surface area contributed by atoms with Gasteiger partial charge in [-0.05, 0) is 51.5 Å². The van der Waals surface area contributed by atoms with Gasteiger partial charge in [-0.15, -0.1) is 0 Å². The number of aromatic nitrogens is 5. The summed E-state index contributed by atoms with van der Waals surface area (Å²) in [6.45, 7) is 3.72. The van der Waals surface area contributed by atoms with Gasteiger partial charge in [-0.2, -0.15) is 0 Å². The number of hydrogen-bond acceptors (Lipinski definition) is 5. The minimum absolute atomic E-state index is 0.0905. The molecule has 0 unspecified atom stereocenters. The summed E-state index contributed by atoms with van der Waals surface area (Å²) in [6.07, 6.45) is 10.3. The summed E-state index contributed by atoms with van der Waals surface area (Å²) in [5, 5.41) is 13.3. The third-order valence-electron chi connectivity index (χ3n) is 5.41. The van der Waals surface area contributed by atoms with Gasteiger partial charge in [-0.3, -0.25) is 9.36 Å². The SMILES string of the molecule is CC(C)(O)[C@H]1CC[C@H](NC(=O)c2nc(-n3ccnc3)nc3cc[nH]c23)CC1. The summed E-state index contributed by atoms with van der Waals surface area (Å²) in [4.78, 5) is 28.9. The number of imidazole rings is 1. The zero-order chi connectivity index (χ0) is 19.0. The maximum atomic E-state index is 12.9. The number of aromatic amines is 1. The Morgan fingerprint density at radius 3 is 2.74 bits per heavy atom. The summed E-state index contributed by atoms with van der Waals surface area (Å²) in [5.74, 6) is 0.473. The van der Waals surface area contributed by atoms with E-state index in [2.05, 4.69) is 25.3 Å². The molecule has 1 aliphatic carbocycles. The van der Waals surface area contributed by atoms with Crippen LogP contribution in [0.2, 0.25) is 0 Å². The normalized spacial score (nSPS) is 20.7. The largest absolute Gasteiger partial charge is 0.390 e. The monoisotopic (exact) mass is 368 g/mol. The predicted molar refractivity (Wildman–Crippen MR) is 101 cm³/mol. The van der Waals surface area contributed by atoms with Crippen LogP contribution in [0.4, 0.5) is 0 Å². The molecule has 0 atom stereocenters. The minimum atomic E-state index is -0.669. The molecule has 8 heteroatoms. The highest BCUT2D eigenvalue weighted by atomic mass is 16.3. The summed E-state index contributed by atoms with van der Waals surface area (Å²) in [6, 6.07) is 1.91. The molecule has 3 N–H and O–H groups in total. The van der Waals surface area contributed by atoms with Crippen LogP contribution in [0.15, 0.2) is 31.0 Å². The lowest BCUT2D eigenvalue weighted by molar-refractivity contribution is -0.00258. The van der Waals surface area contributed by atoms with Gasteiger partial charge in [0.05, 0.1) is 16.6 Å². The zero-order valence-electron chi connectivity index (χ0n) is 15.5. The molecule has 1 aliphatic rings. The molecule has 8 nitrogen and oxygen atoms in total. The van der Waals surface area contributed by atoms with Gasteiger partial charge in [0.2, 0.25) is 5.95 Å². The number of hydrogen-bond donors (Lipinski definition) is 3. The van der Waals surface area contributed by atoms with E-state index >= 15 is 0 Å². The average Bonchev–Trinajstić information content (AvgIpc) is 3.32. The van der Waals surface area contributed by atoms with E-state index < -0.39 is 5.60 Å². The smallest absolute Gasteiger partial charge is 0.272 e. The number of amides is 1. The third-order valence-corrected chi connectivity index (χ3v) is 5.41. The van der Waals surface area contributed by atoms with Gasteiger partial charge in [-0.1, -0.05) is 0 Å². The first-order valence-electron chi connectivity index (χ1n) is 9.28. The van der Waals surface area contributed by atoms with Crippen molar-refractivity contribution >= 4 is 16.9 Å². The molecule has 3 aromatic rings. The number of fused-ring (bicyclic) bond motifs is 1. The Kier molecular flexibility index (Phi) is 4.43. The summed E-state index contributed by atoms with van der Waals surface area (Å²) >= 11 is 0. The van der Waals surface area contributed by atoms with Crippen molar-refractivity contribution in [1.82, 2.24) is 29.8 Å². The van der Waals surface area contributed by atoms with Gasteiger partial charge < -0.3 is 15.4 Å². The van der Waals surface area contributed by atoms with Crippen LogP contribution in [-0.4, -0.2) is 47.2 Å². The number of nitrogens with one attached hydrogen (secondary N) is 2. The Morgan fingerprint density at radius 2 is 2.07 bits per heavy atom. The molecule has 3 heterocycles. The first kappa shape index (κ1) is 17.7. The first-order chi connectivity index (χ1) is 12.9. The number of nitrogens with zero attached hydrogens (tertiary/aromatic N) is 4. The second-order valence-electron chi connectivity index (χ2n) is 7.76. The standard InChI is InChI=1S/C19H24N6O2/c1-19(2,27)12-3-5-13(6-4-12)22-17(26)16-15-14(7-8-21-15)23-18(24-16)25-10-9-20-11-25/h7-13,21,27H,3-6H2,1-2H3,(H,22,26)/t12-,13-. The van der Waals surface area contributed by atoms with Crippen LogP contribution in [0.5, 0.6) is 0 Å². The molecule has 142 valence electrons. The Labute approximate surface area is 157 Å². The Bertz CT molecular complexity index is 933. The van der Waals surface area contributed by atoms with E-state index in [1.807, 2.05) is 19.9 Å². The highest BCUT2D eigenvalue weighted by molar-refractivity contribution is 6.03. The highest BCUT2D eigenvalue weighted by Crippen LogP contribution is 2.32. The van der Waals surface area contributed by atoms with Crippen molar-refractivity contribution in [2.24, 2.45) is 5.92 Å². The van der Waals surface area contributed by atoms with E-state index in [4.69, 9.17) is 0 Å². The molecule has 3 aromatic heterocycles. The maximum Gasteiger partial charge on any atom is 0.272 e.